The van der Waals surface area contributed by atoms with Crippen LogP contribution in [-0.2, 0) is 0 Å². The van der Waals surface area contributed by atoms with Crippen LogP contribution < -0.4 is 16.0 Å². The van der Waals surface area contributed by atoms with Gasteiger partial charge in [-0.05, 0) is 56.3 Å². The van der Waals surface area contributed by atoms with Crippen LogP contribution in [0.5, 0.6) is 0 Å². The third-order valence-corrected chi connectivity index (χ3v) is 6.11. The van der Waals surface area contributed by atoms with Gasteiger partial charge in [0, 0.05) is 5.54 Å². The zero-order valence-electron chi connectivity index (χ0n) is 14.3. The Morgan fingerprint density at radius 3 is 2.16 bits per heavy atom. The molecule has 1 aromatic rings. The number of nitrogen functional groups attached to an aromatic ring is 1. The molecule has 5 rings (SSSR count). The highest BCUT2D eigenvalue weighted by Crippen LogP contribution is 2.56. The quantitative estimate of drug-likeness (QED) is 0.792. The van der Waals surface area contributed by atoms with Gasteiger partial charge >= 0.3 is 0 Å². The Bertz CT molecular complexity index is 693. The highest BCUT2D eigenvalue weighted by Gasteiger charge is 2.51. The molecule has 7 heteroatoms. The fourth-order valence-corrected chi connectivity index (χ4v) is 5.63. The van der Waals surface area contributed by atoms with Crippen LogP contribution in [0.3, 0.4) is 0 Å². The lowest BCUT2D eigenvalue weighted by Crippen LogP contribution is -2.55. The average Bonchev–Trinajstić information content (AvgIpc) is 2.55. The molecule has 130 valence electrons. The fourth-order valence-electron chi connectivity index (χ4n) is 5.63. The summed E-state index contributed by atoms with van der Waals surface area (Å²) in [5.74, 6) is 3.60. The molecule has 4 aliphatic carbocycles. The number of hydrogen-bond donors (Lipinski definition) is 2. The molecule has 25 heavy (non-hydrogen) atoms. The maximum Gasteiger partial charge on any atom is 0.159 e. The molecule has 4 fully saturated rings. The van der Waals surface area contributed by atoms with Crippen LogP contribution in [0.25, 0.3) is 0 Å². The average molecular weight is 337 g/mol. The third kappa shape index (κ3) is 2.84. The maximum absolute atomic E-state index is 8.99. The molecule has 4 aliphatic rings. The summed E-state index contributed by atoms with van der Waals surface area (Å²) in [6, 6.07) is 4.13. The zero-order valence-corrected chi connectivity index (χ0v) is 14.3. The van der Waals surface area contributed by atoms with E-state index >= 15 is 0 Å². The minimum Gasteiger partial charge on any atom is -0.393 e. The van der Waals surface area contributed by atoms with Crippen LogP contribution >= 0.6 is 0 Å². The Balaban J connectivity index is 1.60. The molecule has 0 atom stereocenters. The fraction of sp³-hybridized carbons (Fsp3) is 0.667. The summed E-state index contributed by atoms with van der Waals surface area (Å²) < 4.78 is 0. The zero-order chi connectivity index (χ0) is 17.4. The molecular weight excluding hydrogens is 314 g/mol. The largest absolute Gasteiger partial charge is 0.393 e. The van der Waals surface area contributed by atoms with Crippen LogP contribution in [0.4, 0.5) is 17.3 Å². The molecule has 0 unspecified atom stereocenters. The molecule has 0 aromatic carbocycles. The Kier molecular flexibility index (Phi) is 3.88. The van der Waals surface area contributed by atoms with Crippen molar-refractivity contribution >= 4 is 17.3 Å². The lowest BCUT2D eigenvalue weighted by atomic mass is 9.53. The van der Waals surface area contributed by atoms with Crippen LogP contribution in [0, 0.1) is 40.4 Å². The molecule has 1 heterocycles. The summed E-state index contributed by atoms with van der Waals surface area (Å²) in [7, 11) is 0. The van der Waals surface area contributed by atoms with Gasteiger partial charge in [0.25, 0.3) is 0 Å². The maximum atomic E-state index is 8.99. The van der Waals surface area contributed by atoms with Crippen LogP contribution in [0.2, 0.25) is 0 Å². The number of nitrogens with two attached hydrogens (primary N) is 1. The van der Waals surface area contributed by atoms with Gasteiger partial charge in [-0.3, -0.25) is 0 Å². The number of nitrogens with zero attached hydrogens (tertiary/aromatic N) is 5. The molecule has 4 saturated carbocycles. The topological polar surface area (TPSA) is 115 Å². The predicted octanol–water partition coefficient (Wildman–Crippen LogP) is 2.29. The molecule has 4 bridgehead atoms. The number of nitrogens with one attached hydrogen (secondary N) is 1. The predicted molar refractivity (Wildman–Crippen MR) is 94.4 cm³/mol. The first-order chi connectivity index (χ1) is 12.1. The van der Waals surface area contributed by atoms with E-state index in [1.54, 1.807) is 4.90 Å². The molecular formula is C18H23N7. The second-order valence-corrected chi connectivity index (χ2v) is 7.95. The van der Waals surface area contributed by atoms with Gasteiger partial charge in [-0.25, -0.2) is 9.97 Å². The number of aromatic nitrogens is 2. The van der Waals surface area contributed by atoms with Crippen molar-refractivity contribution in [2.45, 2.75) is 44.1 Å². The Hall–Kier alpha value is -2.54. The number of anilines is 3. The van der Waals surface area contributed by atoms with Gasteiger partial charge in [-0.1, -0.05) is 0 Å². The van der Waals surface area contributed by atoms with E-state index in [2.05, 4.69) is 27.4 Å². The molecule has 0 saturated heterocycles. The van der Waals surface area contributed by atoms with Crippen molar-refractivity contribution in [1.29, 1.82) is 10.5 Å². The van der Waals surface area contributed by atoms with Crippen molar-refractivity contribution < 1.29 is 0 Å². The van der Waals surface area contributed by atoms with Crippen LogP contribution in [0.1, 0.15) is 38.5 Å². The van der Waals surface area contributed by atoms with E-state index in [1.165, 1.54) is 44.9 Å². The second kappa shape index (κ2) is 6.07. The lowest BCUT2D eigenvalue weighted by Gasteiger charge is -2.57. The van der Waals surface area contributed by atoms with Crippen molar-refractivity contribution in [1.82, 2.24) is 9.97 Å². The summed E-state index contributed by atoms with van der Waals surface area (Å²) in [6.07, 6.45) is 9.18. The van der Waals surface area contributed by atoms with E-state index in [9.17, 15) is 0 Å². The smallest absolute Gasteiger partial charge is 0.159 e. The molecule has 0 amide bonds. The monoisotopic (exact) mass is 337 g/mol. The number of hydrogen-bond acceptors (Lipinski definition) is 7. The highest BCUT2D eigenvalue weighted by atomic mass is 15.2. The molecule has 1 aromatic heterocycles. The first kappa shape index (κ1) is 16.0. The van der Waals surface area contributed by atoms with Gasteiger partial charge in [0.2, 0.25) is 0 Å². The van der Waals surface area contributed by atoms with Gasteiger partial charge in [0.1, 0.15) is 25.1 Å². The van der Waals surface area contributed by atoms with Crippen LogP contribution in [-0.4, -0.2) is 28.6 Å². The van der Waals surface area contributed by atoms with Gasteiger partial charge in [-0.15, -0.1) is 0 Å². The van der Waals surface area contributed by atoms with Crippen molar-refractivity contribution in [3.05, 3.63) is 6.33 Å². The molecule has 0 spiro atoms. The third-order valence-electron chi connectivity index (χ3n) is 6.11. The first-order valence-electron chi connectivity index (χ1n) is 9.00. The van der Waals surface area contributed by atoms with E-state index in [1.807, 2.05) is 0 Å². The van der Waals surface area contributed by atoms with Gasteiger partial charge in [-0.2, -0.15) is 10.5 Å². The summed E-state index contributed by atoms with van der Waals surface area (Å²) in [4.78, 5) is 10.2. The molecule has 0 radical (unpaired) electrons. The first-order valence-corrected chi connectivity index (χ1v) is 9.00. The van der Waals surface area contributed by atoms with E-state index in [0.29, 0.717) is 17.3 Å². The Labute approximate surface area is 147 Å². The van der Waals surface area contributed by atoms with E-state index in [4.69, 9.17) is 16.3 Å². The SMILES string of the molecule is N#CCN(CC#N)c1ncnc(NC23CC4CC(CC(C4)C2)C3)c1N. The Morgan fingerprint density at radius 1 is 1.08 bits per heavy atom. The lowest BCUT2D eigenvalue weighted by molar-refractivity contribution is 0.0106. The minimum atomic E-state index is 0.0750. The summed E-state index contributed by atoms with van der Waals surface area (Å²) in [5, 5.41) is 21.7. The highest BCUT2D eigenvalue weighted by molar-refractivity contribution is 5.75. The second-order valence-electron chi connectivity index (χ2n) is 7.95. The molecule has 7 nitrogen and oxygen atoms in total. The molecule has 0 aliphatic heterocycles. The number of nitriles is 2. The van der Waals surface area contributed by atoms with Crippen LogP contribution in [0.15, 0.2) is 6.33 Å². The van der Waals surface area contributed by atoms with E-state index in [0.717, 1.165) is 17.8 Å². The van der Waals surface area contributed by atoms with Crippen molar-refractivity contribution in [3.8, 4) is 12.1 Å². The van der Waals surface area contributed by atoms with Gasteiger partial charge < -0.3 is 16.0 Å². The van der Waals surface area contributed by atoms with E-state index < -0.39 is 0 Å². The standard InChI is InChI=1S/C18H23N7/c19-1-3-25(4-2-20)17-15(21)16(22-11-23-17)24-18-8-12-5-13(9-18)7-14(6-12)10-18/h11-14H,3-10,21H2,(H,22,23,24). The summed E-state index contributed by atoms with van der Waals surface area (Å²) in [6.45, 7) is 0.150. The van der Waals surface area contributed by atoms with Gasteiger partial charge in [0.15, 0.2) is 11.6 Å². The Morgan fingerprint density at radius 2 is 1.64 bits per heavy atom. The number of rotatable bonds is 5. The van der Waals surface area contributed by atoms with E-state index in [-0.39, 0.29) is 18.6 Å². The summed E-state index contributed by atoms with van der Waals surface area (Å²) >= 11 is 0. The van der Waals surface area contributed by atoms with Gasteiger partial charge in [0.05, 0.1) is 12.1 Å². The molecule has 3 N–H and O–H groups in total. The minimum absolute atomic E-state index is 0.0750. The summed E-state index contributed by atoms with van der Waals surface area (Å²) in [5.41, 5.74) is 6.86. The normalized spacial score (nSPS) is 32.0. The van der Waals surface area contributed by atoms with Crippen molar-refractivity contribution in [2.75, 3.05) is 29.0 Å². The van der Waals surface area contributed by atoms with Crippen molar-refractivity contribution in [2.24, 2.45) is 17.8 Å². The van der Waals surface area contributed by atoms with Crippen molar-refractivity contribution in [3.63, 3.8) is 0 Å².